The van der Waals surface area contributed by atoms with E-state index in [1.165, 1.54) is 115 Å². The van der Waals surface area contributed by atoms with E-state index in [2.05, 4.69) is 73.7 Å². The van der Waals surface area contributed by atoms with E-state index in [9.17, 15) is 0 Å². The highest BCUT2D eigenvalue weighted by Crippen LogP contribution is 2.49. The molecule has 5 saturated heterocycles. The van der Waals surface area contributed by atoms with Gasteiger partial charge in [-0.25, -0.2) is 0 Å². The molecule has 10 rings (SSSR count). The van der Waals surface area contributed by atoms with Crippen LogP contribution in [0.2, 0.25) is 0 Å². The van der Waals surface area contributed by atoms with Crippen LogP contribution in [-0.2, 0) is 6.42 Å². The minimum absolute atomic E-state index is 0.309. The van der Waals surface area contributed by atoms with Crippen molar-refractivity contribution in [2.24, 2.45) is 47.3 Å². The smallest absolute Gasteiger partial charge is 0.0634 e. The number of aryl methyl sites for hydroxylation is 1. The molecule has 5 aliphatic heterocycles. The molecule has 1 aromatic rings. The van der Waals surface area contributed by atoms with Gasteiger partial charge in [-0.05, 0) is 122 Å². The van der Waals surface area contributed by atoms with Crippen LogP contribution in [0.5, 0.6) is 0 Å². The molecular formula is C41H66N8. The number of hydrogen-bond acceptors (Lipinski definition) is 8. The summed E-state index contributed by atoms with van der Waals surface area (Å²) >= 11 is 0. The lowest BCUT2D eigenvalue weighted by molar-refractivity contribution is 0.155. The van der Waals surface area contributed by atoms with E-state index in [0.29, 0.717) is 90.8 Å². The Labute approximate surface area is 296 Å². The molecule has 17 atom stereocenters. The number of rotatable bonds is 3. The summed E-state index contributed by atoms with van der Waals surface area (Å²) in [6.07, 6.45) is 25.8. The zero-order chi connectivity index (χ0) is 32.5. The van der Waals surface area contributed by atoms with Crippen LogP contribution in [0.25, 0.3) is 0 Å². The fraction of sp³-hybridized carbons (Fsp3) is 0.854. The second-order valence-electron chi connectivity index (χ2n) is 18.3. The molecule has 9 aliphatic rings. The van der Waals surface area contributed by atoms with E-state index < -0.39 is 0 Å². The van der Waals surface area contributed by atoms with Gasteiger partial charge in [0.05, 0.1) is 49.3 Å². The van der Waals surface area contributed by atoms with Crippen molar-refractivity contribution < 1.29 is 0 Å². The second-order valence-corrected chi connectivity index (χ2v) is 18.3. The van der Waals surface area contributed by atoms with Gasteiger partial charge in [-0.1, -0.05) is 82.6 Å². The molecule has 17 unspecified atom stereocenters. The average molecular weight is 671 g/mol. The van der Waals surface area contributed by atoms with Crippen LogP contribution in [0.3, 0.4) is 0 Å². The van der Waals surface area contributed by atoms with Gasteiger partial charge in [-0.15, -0.1) is 0 Å². The Morgan fingerprint density at radius 3 is 1.14 bits per heavy atom. The highest BCUT2D eigenvalue weighted by Gasteiger charge is 2.55. The maximum absolute atomic E-state index is 4.39. The number of nitrogens with one attached hydrogen (secondary N) is 8. The third kappa shape index (κ3) is 5.87. The van der Waals surface area contributed by atoms with E-state index >= 15 is 0 Å². The summed E-state index contributed by atoms with van der Waals surface area (Å²) in [6.45, 7) is 2.30. The molecule has 5 heterocycles. The molecule has 4 saturated carbocycles. The summed E-state index contributed by atoms with van der Waals surface area (Å²) in [7, 11) is 0. The molecule has 8 N–H and O–H groups in total. The van der Waals surface area contributed by atoms with Crippen LogP contribution in [0.15, 0.2) is 24.3 Å². The van der Waals surface area contributed by atoms with E-state index in [1.807, 2.05) is 0 Å². The number of fused-ring (bicyclic) bond motifs is 20. The van der Waals surface area contributed by atoms with Crippen molar-refractivity contribution in [3.8, 4) is 0 Å². The van der Waals surface area contributed by atoms with Gasteiger partial charge in [0.15, 0.2) is 0 Å². The van der Waals surface area contributed by atoms with Gasteiger partial charge < -0.3 is 0 Å². The molecule has 8 heteroatoms. The Hall–Kier alpha value is -1.10. The number of benzene rings is 1. The van der Waals surface area contributed by atoms with E-state index in [4.69, 9.17) is 0 Å². The highest BCUT2D eigenvalue weighted by atomic mass is 15.4. The van der Waals surface area contributed by atoms with Crippen molar-refractivity contribution in [1.29, 1.82) is 0 Å². The van der Waals surface area contributed by atoms with Crippen LogP contribution in [0.4, 0.5) is 0 Å². The van der Waals surface area contributed by atoms with Crippen molar-refractivity contribution in [1.82, 2.24) is 42.5 Å². The first-order valence-corrected chi connectivity index (χ1v) is 21.4. The predicted octanol–water partition coefficient (Wildman–Crippen LogP) is 4.95. The molecule has 8 nitrogen and oxygen atoms in total. The van der Waals surface area contributed by atoms with Crippen molar-refractivity contribution in [3.63, 3.8) is 0 Å². The molecule has 270 valence electrons. The van der Waals surface area contributed by atoms with Crippen molar-refractivity contribution >= 4 is 0 Å². The largest absolute Gasteiger partial charge is 0.286 e. The monoisotopic (exact) mass is 671 g/mol. The van der Waals surface area contributed by atoms with Crippen molar-refractivity contribution in [2.75, 3.05) is 0 Å². The summed E-state index contributed by atoms with van der Waals surface area (Å²) in [5.41, 5.74) is 3.07. The van der Waals surface area contributed by atoms with Crippen molar-refractivity contribution in [3.05, 3.63) is 35.4 Å². The van der Waals surface area contributed by atoms with Gasteiger partial charge in [-0.2, -0.15) is 0 Å². The topological polar surface area (TPSA) is 96.2 Å². The van der Waals surface area contributed by atoms with Gasteiger partial charge in [0.2, 0.25) is 0 Å². The first kappa shape index (κ1) is 32.5. The van der Waals surface area contributed by atoms with Crippen LogP contribution >= 0.6 is 0 Å². The summed E-state index contributed by atoms with van der Waals surface area (Å²) < 4.78 is 0. The first-order valence-electron chi connectivity index (χ1n) is 21.4. The van der Waals surface area contributed by atoms with Gasteiger partial charge in [0.25, 0.3) is 0 Å². The Bertz CT molecular complexity index is 1290. The van der Waals surface area contributed by atoms with Gasteiger partial charge in [0, 0.05) is 0 Å². The third-order valence-corrected chi connectivity index (χ3v) is 15.8. The summed E-state index contributed by atoms with van der Waals surface area (Å²) in [5, 5.41) is 34.4. The van der Waals surface area contributed by atoms with Crippen LogP contribution < -0.4 is 42.5 Å². The van der Waals surface area contributed by atoms with Crippen LogP contribution in [0, 0.1) is 47.3 Å². The van der Waals surface area contributed by atoms with E-state index in [1.54, 1.807) is 5.56 Å². The molecule has 9 fully saturated rings. The average Bonchev–Trinajstić information content (AvgIpc) is 3.88. The second kappa shape index (κ2) is 13.7. The van der Waals surface area contributed by atoms with E-state index in [0.717, 1.165) is 11.8 Å². The van der Waals surface area contributed by atoms with Crippen molar-refractivity contribution in [2.45, 2.75) is 171 Å². The fourth-order valence-corrected chi connectivity index (χ4v) is 13.7. The molecule has 8 bridgehead atoms. The molecule has 0 radical (unpaired) electrons. The minimum Gasteiger partial charge on any atom is -0.286 e. The minimum atomic E-state index is 0.309. The standard InChI is InChI=1S/C41H66N8/c1-2-10-23-19-21-24(22-20-23)25-17-9-18-32-33(25)41-48-39-31-16-8-7-15-30(31)37(46-39)44-35-27-12-4-3-11-26(27)34(42-35)43-36-28-13-5-6-14-29(28)38(45-36)47-40(32)49-41/h19-22,25-49H,2-18H2,1H3. The van der Waals surface area contributed by atoms with Gasteiger partial charge >= 0.3 is 0 Å². The lowest BCUT2D eigenvalue weighted by Gasteiger charge is -2.40. The quantitative estimate of drug-likeness (QED) is 0.229. The molecule has 0 spiro atoms. The van der Waals surface area contributed by atoms with Crippen LogP contribution in [-0.4, -0.2) is 49.3 Å². The zero-order valence-corrected chi connectivity index (χ0v) is 30.1. The zero-order valence-electron chi connectivity index (χ0n) is 30.1. The van der Waals surface area contributed by atoms with Gasteiger partial charge in [-0.3, -0.25) is 42.5 Å². The van der Waals surface area contributed by atoms with Gasteiger partial charge in [0.1, 0.15) is 0 Å². The first-order chi connectivity index (χ1) is 24.2. The normalized spacial score (nSPS) is 50.7. The molecule has 0 aromatic heterocycles. The molecule has 1 aromatic carbocycles. The Morgan fingerprint density at radius 2 is 0.755 bits per heavy atom. The summed E-state index contributed by atoms with van der Waals surface area (Å²) in [6, 6.07) is 9.86. The maximum Gasteiger partial charge on any atom is 0.0634 e. The summed E-state index contributed by atoms with van der Waals surface area (Å²) in [4.78, 5) is 0. The maximum atomic E-state index is 4.39. The SMILES string of the molecule is CCCc1ccc(C2CCCC3C4NC5NC(NC6NC(NC7NC(NC(N4)C23)C2CCCCC72)C2CCCCC62)C2CCCCC52)cc1. The molecular weight excluding hydrogens is 605 g/mol. The molecule has 4 aliphatic carbocycles. The summed E-state index contributed by atoms with van der Waals surface area (Å²) in [5.74, 6) is 6.10. The lowest BCUT2D eigenvalue weighted by atomic mass is 9.68. The highest BCUT2D eigenvalue weighted by molar-refractivity contribution is 5.28. The Balaban J connectivity index is 0.997. The predicted molar refractivity (Wildman–Crippen MR) is 196 cm³/mol. The lowest BCUT2D eigenvalue weighted by Crippen LogP contribution is -2.61. The molecule has 49 heavy (non-hydrogen) atoms. The number of hydrogen-bond donors (Lipinski definition) is 8. The van der Waals surface area contributed by atoms with Crippen LogP contribution in [0.1, 0.15) is 127 Å². The fourth-order valence-electron chi connectivity index (χ4n) is 13.7. The third-order valence-electron chi connectivity index (χ3n) is 15.8. The van der Waals surface area contributed by atoms with E-state index in [-0.39, 0.29) is 0 Å². The Morgan fingerprint density at radius 1 is 0.408 bits per heavy atom. The molecule has 0 amide bonds. The Kier molecular flexibility index (Phi) is 9.10.